The topological polar surface area (TPSA) is 59.5 Å². The van der Waals surface area contributed by atoms with Crippen LogP contribution in [0.2, 0.25) is 0 Å². The van der Waals surface area contributed by atoms with Crippen LogP contribution in [-0.4, -0.2) is 21.1 Å². The lowest BCUT2D eigenvalue weighted by atomic mass is 10.00. The van der Waals surface area contributed by atoms with E-state index in [1.807, 2.05) is 12.3 Å². The van der Waals surface area contributed by atoms with Gasteiger partial charge in [-0.3, -0.25) is 0 Å². The molecular weight excluding hydrogens is 250 g/mol. The van der Waals surface area contributed by atoms with E-state index < -0.39 is 0 Å². The van der Waals surface area contributed by atoms with Gasteiger partial charge in [-0.25, -0.2) is 4.52 Å². The smallest absolute Gasteiger partial charge is 0.240 e. The standard InChI is InChI=1S/C15H15N5/c16-15-17-14-6-5-13(10-20(14)18-15)19-8-7-11-3-1-2-4-12(11)9-19/h1-6,10H,7-9H2,(H2,16,18). The maximum absolute atomic E-state index is 5.63. The van der Waals surface area contributed by atoms with Crippen LogP contribution in [0.4, 0.5) is 11.6 Å². The van der Waals surface area contributed by atoms with Crippen molar-refractivity contribution in [2.45, 2.75) is 13.0 Å². The summed E-state index contributed by atoms with van der Waals surface area (Å²) in [6.45, 7) is 1.96. The summed E-state index contributed by atoms with van der Waals surface area (Å²) in [5, 5.41) is 4.17. The summed E-state index contributed by atoms with van der Waals surface area (Å²) in [5.41, 5.74) is 10.4. The summed E-state index contributed by atoms with van der Waals surface area (Å²) in [6, 6.07) is 12.7. The summed E-state index contributed by atoms with van der Waals surface area (Å²) < 4.78 is 1.74. The maximum atomic E-state index is 5.63. The highest BCUT2D eigenvalue weighted by atomic mass is 15.3. The lowest BCUT2D eigenvalue weighted by molar-refractivity contribution is 0.727. The molecule has 5 heteroatoms. The SMILES string of the molecule is Nc1nc2ccc(N3CCc4ccccc4C3)cn2n1. The van der Waals surface area contributed by atoms with Crippen molar-refractivity contribution in [2.24, 2.45) is 0 Å². The minimum Gasteiger partial charge on any atom is -0.366 e. The van der Waals surface area contributed by atoms with E-state index in [0.717, 1.165) is 30.8 Å². The number of rotatable bonds is 1. The van der Waals surface area contributed by atoms with Crippen molar-refractivity contribution in [3.8, 4) is 0 Å². The first-order chi connectivity index (χ1) is 9.79. The zero-order valence-corrected chi connectivity index (χ0v) is 11.0. The van der Waals surface area contributed by atoms with Gasteiger partial charge in [0.1, 0.15) is 0 Å². The van der Waals surface area contributed by atoms with Gasteiger partial charge in [0, 0.05) is 13.1 Å². The minimum atomic E-state index is 0.311. The van der Waals surface area contributed by atoms with Crippen molar-refractivity contribution in [1.29, 1.82) is 0 Å². The fourth-order valence-corrected chi connectivity index (χ4v) is 2.79. The maximum Gasteiger partial charge on any atom is 0.240 e. The molecule has 0 atom stereocenters. The van der Waals surface area contributed by atoms with Crippen LogP contribution in [0.25, 0.3) is 5.65 Å². The van der Waals surface area contributed by atoms with E-state index in [1.165, 1.54) is 11.1 Å². The van der Waals surface area contributed by atoms with Gasteiger partial charge in [-0.2, -0.15) is 4.98 Å². The summed E-state index contributed by atoms with van der Waals surface area (Å²) in [5.74, 6) is 0.311. The third kappa shape index (κ3) is 1.79. The molecule has 0 radical (unpaired) electrons. The van der Waals surface area contributed by atoms with Crippen LogP contribution >= 0.6 is 0 Å². The Morgan fingerprint density at radius 1 is 1.05 bits per heavy atom. The molecule has 0 amide bonds. The van der Waals surface area contributed by atoms with E-state index in [0.29, 0.717) is 5.95 Å². The Morgan fingerprint density at radius 2 is 1.90 bits per heavy atom. The number of pyridine rings is 1. The summed E-state index contributed by atoms with van der Waals surface area (Å²) in [7, 11) is 0. The zero-order valence-electron chi connectivity index (χ0n) is 11.0. The number of nitrogen functional groups attached to an aromatic ring is 1. The molecule has 5 nitrogen and oxygen atoms in total. The van der Waals surface area contributed by atoms with E-state index in [2.05, 4.69) is 45.3 Å². The van der Waals surface area contributed by atoms with Crippen LogP contribution in [-0.2, 0) is 13.0 Å². The lowest BCUT2D eigenvalue weighted by Gasteiger charge is -2.30. The molecule has 1 aliphatic rings. The van der Waals surface area contributed by atoms with Crippen LogP contribution in [0.5, 0.6) is 0 Å². The van der Waals surface area contributed by atoms with Gasteiger partial charge in [0.25, 0.3) is 0 Å². The first kappa shape index (κ1) is 11.3. The van der Waals surface area contributed by atoms with Gasteiger partial charge in [-0.05, 0) is 29.7 Å². The molecule has 3 aromatic rings. The third-order valence-electron chi connectivity index (χ3n) is 3.83. The van der Waals surface area contributed by atoms with Crippen molar-refractivity contribution < 1.29 is 0 Å². The van der Waals surface area contributed by atoms with Gasteiger partial charge in [-0.1, -0.05) is 24.3 Å². The number of fused-ring (bicyclic) bond motifs is 2. The minimum absolute atomic E-state index is 0.311. The predicted molar refractivity (Wildman–Crippen MR) is 78.6 cm³/mol. The molecule has 20 heavy (non-hydrogen) atoms. The van der Waals surface area contributed by atoms with Crippen LogP contribution in [0.1, 0.15) is 11.1 Å². The first-order valence-electron chi connectivity index (χ1n) is 6.73. The number of hydrogen-bond acceptors (Lipinski definition) is 4. The molecule has 1 aromatic carbocycles. The Morgan fingerprint density at radius 3 is 2.80 bits per heavy atom. The average Bonchev–Trinajstić information content (AvgIpc) is 2.85. The Kier molecular flexibility index (Phi) is 2.39. The monoisotopic (exact) mass is 265 g/mol. The van der Waals surface area contributed by atoms with Gasteiger partial charge in [0.2, 0.25) is 5.95 Å². The Bertz CT molecular complexity index is 777. The van der Waals surface area contributed by atoms with Gasteiger partial charge in [-0.15, -0.1) is 5.10 Å². The number of hydrogen-bond donors (Lipinski definition) is 1. The molecule has 3 heterocycles. The van der Waals surface area contributed by atoms with E-state index in [9.17, 15) is 0 Å². The van der Waals surface area contributed by atoms with Crippen LogP contribution < -0.4 is 10.6 Å². The first-order valence-corrected chi connectivity index (χ1v) is 6.73. The molecule has 2 N–H and O–H groups in total. The van der Waals surface area contributed by atoms with Crippen LogP contribution in [0, 0.1) is 0 Å². The average molecular weight is 265 g/mol. The van der Waals surface area contributed by atoms with Crippen molar-refractivity contribution in [3.05, 3.63) is 53.7 Å². The molecular formula is C15H15N5. The molecule has 0 unspecified atom stereocenters. The highest BCUT2D eigenvalue weighted by Crippen LogP contribution is 2.24. The summed E-state index contributed by atoms with van der Waals surface area (Å²) >= 11 is 0. The third-order valence-corrected chi connectivity index (χ3v) is 3.83. The number of nitrogens with zero attached hydrogens (tertiary/aromatic N) is 4. The number of benzene rings is 1. The molecule has 2 aromatic heterocycles. The molecule has 0 saturated heterocycles. The fourth-order valence-electron chi connectivity index (χ4n) is 2.79. The van der Waals surface area contributed by atoms with Gasteiger partial charge in [0.15, 0.2) is 5.65 Å². The summed E-state index contributed by atoms with van der Waals surface area (Å²) in [4.78, 5) is 6.51. The molecule has 0 bridgehead atoms. The molecule has 0 fully saturated rings. The van der Waals surface area contributed by atoms with E-state index in [-0.39, 0.29) is 0 Å². The second kappa shape index (κ2) is 4.23. The Labute approximate surface area is 116 Å². The number of anilines is 2. The zero-order chi connectivity index (χ0) is 13.5. The molecule has 4 rings (SSSR count). The molecule has 0 saturated carbocycles. The fraction of sp³-hybridized carbons (Fsp3) is 0.200. The quantitative estimate of drug-likeness (QED) is 0.729. The molecule has 0 spiro atoms. The Hall–Kier alpha value is -2.56. The molecule has 0 aliphatic carbocycles. The lowest BCUT2D eigenvalue weighted by Crippen LogP contribution is -2.30. The number of aromatic nitrogens is 3. The van der Waals surface area contributed by atoms with E-state index >= 15 is 0 Å². The van der Waals surface area contributed by atoms with Gasteiger partial charge in [0.05, 0.1) is 11.9 Å². The van der Waals surface area contributed by atoms with E-state index in [1.54, 1.807) is 4.52 Å². The van der Waals surface area contributed by atoms with Crippen molar-refractivity contribution in [1.82, 2.24) is 14.6 Å². The highest BCUT2D eigenvalue weighted by molar-refractivity contribution is 5.54. The number of nitrogens with two attached hydrogens (primary N) is 1. The second-order valence-corrected chi connectivity index (χ2v) is 5.10. The van der Waals surface area contributed by atoms with Crippen molar-refractivity contribution >= 4 is 17.3 Å². The van der Waals surface area contributed by atoms with Crippen molar-refractivity contribution in [2.75, 3.05) is 17.2 Å². The second-order valence-electron chi connectivity index (χ2n) is 5.10. The van der Waals surface area contributed by atoms with Crippen molar-refractivity contribution in [3.63, 3.8) is 0 Å². The molecule has 1 aliphatic heterocycles. The van der Waals surface area contributed by atoms with E-state index in [4.69, 9.17) is 5.73 Å². The van der Waals surface area contributed by atoms with Crippen LogP contribution in [0.15, 0.2) is 42.6 Å². The highest BCUT2D eigenvalue weighted by Gasteiger charge is 2.16. The summed E-state index contributed by atoms with van der Waals surface area (Å²) in [6.07, 6.45) is 3.07. The van der Waals surface area contributed by atoms with Gasteiger partial charge >= 0.3 is 0 Å². The normalized spacial score (nSPS) is 14.5. The van der Waals surface area contributed by atoms with Gasteiger partial charge < -0.3 is 10.6 Å². The predicted octanol–water partition coefficient (Wildman–Crippen LogP) is 1.87. The molecule has 100 valence electrons. The van der Waals surface area contributed by atoms with Crippen LogP contribution in [0.3, 0.4) is 0 Å². The Balaban J connectivity index is 1.70. The largest absolute Gasteiger partial charge is 0.366 e.